The normalized spacial score (nSPS) is 11.9. The highest BCUT2D eigenvalue weighted by molar-refractivity contribution is 5.92. The Morgan fingerprint density at radius 1 is 1.10 bits per heavy atom. The van der Waals surface area contributed by atoms with E-state index in [2.05, 4.69) is 17.4 Å². The summed E-state index contributed by atoms with van der Waals surface area (Å²) >= 11 is 0. The quantitative estimate of drug-likeness (QED) is 0.545. The van der Waals surface area contributed by atoms with Crippen molar-refractivity contribution in [2.45, 2.75) is 46.0 Å². The molecule has 3 aromatic rings. The zero-order valence-electron chi connectivity index (χ0n) is 18.1. The van der Waals surface area contributed by atoms with Gasteiger partial charge in [-0.05, 0) is 68.9 Å². The molecule has 0 saturated heterocycles. The van der Waals surface area contributed by atoms with Gasteiger partial charge in [0.2, 0.25) is 5.91 Å². The lowest BCUT2D eigenvalue weighted by atomic mass is 9.91. The zero-order valence-corrected chi connectivity index (χ0v) is 18.1. The number of anilines is 2. The summed E-state index contributed by atoms with van der Waals surface area (Å²) in [4.78, 5) is 22.4. The number of allylic oxidation sites excluding steroid dienone is 1. The number of hydrogen-bond acceptors (Lipinski definition) is 4. The zero-order chi connectivity index (χ0) is 21.8. The summed E-state index contributed by atoms with van der Waals surface area (Å²) in [6.07, 6.45) is 5.74. The Morgan fingerprint density at radius 3 is 2.68 bits per heavy atom. The Hall–Kier alpha value is -3.47. The molecule has 5 nitrogen and oxygen atoms in total. The molecular formula is C26H28N4O. The summed E-state index contributed by atoms with van der Waals surface area (Å²) in [5.74, 6) is 0.515. The first-order valence-electron chi connectivity index (χ1n) is 10.8. The minimum absolute atomic E-state index is 0.0300. The summed E-state index contributed by atoms with van der Waals surface area (Å²) in [7, 11) is 0. The fourth-order valence-electron chi connectivity index (χ4n) is 3.94. The number of aryl methyl sites for hydroxylation is 3. The van der Waals surface area contributed by atoms with E-state index < -0.39 is 0 Å². The first kappa shape index (κ1) is 20.8. The molecule has 1 aliphatic carbocycles. The van der Waals surface area contributed by atoms with Gasteiger partial charge >= 0.3 is 0 Å². The lowest BCUT2D eigenvalue weighted by molar-refractivity contribution is -0.116. The summed E-state index contributed by atoms with van der Waals surface area (Å²) in [6.45, 7) is 4.03. The van der Waals surface area contributed by atoms with E-state index in [1.54, 1.807) is 0 Å². The molecule has 0 saturated carbocycles. The summed E-state index contributed by atoms with van der Waals surface area (Å²) < 4.78 is 0. The predicted octanol–water partition coefficient (Wildman–Crippen LogP) is 5.21. The molecule has 0 atom stereocenters. The van der Waals surface area contributed by atoms with Crippen molar-refractivity contribution in [3.63, 3.8) is 0 Å². The lowest BCUT2D eigenvalue weighted by Gasteiger charge is -2.20. The largest absolute Gasteiger partial charge is 0.399 e. The van der Waals surface area contributed by atoms with Gasteiger partial charge in [-0.15, -0.1) is 0 Å². The van der Waals surface area contributed by atoms with Gasteiger partial charge < -0.3 is 11.1 Å². The van der Waals surface area contributed by atoms with E-state index in [-0.39, 0.29) is 5.91 Å². The van der Waals surface area contributed by atoms with Gasteiger partial charge in [-0.2, -0.15) is 0 Å². The molecule has 0 fully saturated rings. The van der Waals surface area contributed by atoms with Crippen LogP contribution in [0.15, 0.2) is 54.1 Å². The van der Waals surface area contributed by atoms with Crippen molar-refractivity contribution >= 4 is 23.5 Å². The molecule has 31 heavy (non-hydrogen) atoms. The maximum atomic E-state index is 12.6. The van der Waals surface area contributed by atoms with Gasteiger partial charge in [0.25, 0.3) is 0 Å². The Labute approximate surface area is 183 Å². The number of hydrogen-bond donors (Lipinski definition) is 2. The minimum atomic E-state index is -0.0300. The minimum Gasteiger partial charge on any atom is -0.399 e. The molecule has 0 aliphatic heterocycles. The van der Waals surface area contributed by atoms with Gasteiger partial charge in [0, 0.05) is 17.7 Å². The predicted molar refractivity (Wildman–Crippen MR) is 127 cm³/mol. The van der Waals surface area contributed by atoms with Crippen LogP contribution in [0, 0.1) is 0 Å². The van der Waals surface area contributed by atoms with Crippen molar-refractivity contribution in [3.05, 3.63) is 76.6 Å². The van der Waals surface area contributed by atoms with Crippen LogP contribution < -0.4 is 11.1 Å². The van der Waals surface area contributed by atoms with Crippen LogP contribution >= 0.6 is 0 Å². The fourth-order valence-corrected chi connectivity index (χ4v) is 3.94. The summed E-state index contributed by atoms with van der Waals surface area (Å²) in [6, 6.07) is 16.2. The molecule has 158 valence electrons. The first-order chi connectivity index (χ1) is 15.0. The lowest BCUT2D eigenvalue weighted by Crippen LogP contribution is -2.17. The highest BCUT2D eigenvalue weighted by Crippen LogP contribution is 2.34. The van der Waals surface area contributed by atoms with Crippen molar-refractivity contribution in [1.29, 1.82) is 0 Å². The highest BCUT2D eigenvalue weighted by Gasteiger charge is 2.22. The van der Waals surface area contributed by atoms with Crippen LogP contribution in [0.5, 0.6) is 0 Å². The van der Waals surface area contributed by atoms with Crippen LogP contribution in [0.2, 0.25) is 0 Å². The number of nitrogens with one attached hydrogen (secondary N) is 1. The van der Waals surface area contributed by atoms with Crippen molar-refractivity contribution in [3.8, 4) is 11.3 Å². The number of amides is 1. The molecule has 2 aromatic carbocycles. The van der Waals surface area contributed by atoms with Gasteiger partial charge in [-0.3, -0.25) is 4.79 Å². The average Bonchev–Trinajstić information content (AvgIpc) is 2.74. The van der Waals surface area contributed by atoms with E-state index >= 15 is 0 Å². The molecule has 0 spiro atoms. The number of aromatic nitrogens is 2. The molecule has 0 unspecified atom stereocenters. The SMILES string of the molecule is CC(C)=Cc1nc2c(nc1NC(=O)CCCc1ccccc1)CCc1cc(N)ccc1-2. The second kappa shape index (κ2) is 9.13. The maximum absolute atomic E-state index is 12.6. The molecule has 1 heterocycles. The molecule has 0 bridgehead atoms. The van der Waals surface area contributed by atoms with Crippen LogP contribution in [-0.2, 0) is 24.1 Å². The van der Waals surface area contributed by atoms with E-state index in [1.807, 2.05) is 56.3 Å². The summed E-state index contributed by atoms with van der Waals surface area (Å²) in [5, 5.41) is 3.01. The number of nitrogens with zero attached hydrogens (tertiary/aromatic N) is 2. The van der Waals surface area contributed by atoms with Gasteiger partial charge in [0.1, 0.15) is 5.69 Å². The number of benzene rings is 2. The van der Waals surface area contributed by atoms with E-state index in [4.69, 9.17) is 15.7 Å². The molecule has 1 aliphatic rings. The molecular weight excluding hydrogens is 384 g/mol. The Balaban J connectivity index is 1.55. The second-order valence-electron chi connectivity index (χ2n) is 8.28. The van der Waals surface area contributed by atoms with Crippen molar-refractivity contribution < 1.29 is 4.79 Å². The molecule has 3 N–H and O–H groups in total. The van der Waals surface area contributed by atoms with Gasteiger partial charge in [-0.25, -0.2) is 9.97 Å². The van der Waals surface area contributed by atoms with Crippen molar-refractivity contribution in [2.75, 3.05) is 11.1 Å². The van der Waals surface area contributed by atoms with Crippen molar-refractivity contribution in [1.82, 2.24) is 9.97 Å². The molecule has 0 radical (unpaired) electrons. The van der Waals surface area contributed by atoms with E-state index in [0.29, 0.717) is 17.9 Å². The van der Waals surface area contributed by atoms with Gasteiger partial charge in [0.15, 0.2) is 5.82 Å². The third-order valence-electron chi connectivity index (χ3n) is 5.41. The Kier molecular flexibility index (Phi) is 6.12. The fraction of sp³-hybridized carbons (Fsp3) is 0.269. The van der Waals surface area contributed by atoms with Crippen LogP contribution in [0.4, 0.5) is 11.5 Å². The topological polar surface area (TPSA) is 80.9 Å². The summed E-state index contributed by atoms with van der Waals surface area (Å²) in [5.41, 5.74) is 13.8. The van der Waals surface area contributed by atoms with E-state index in [0.717, 1.165) is 53.9 Å². The molecule has 5 heteroatoms. The van der Waals surface area contributed by atoms with Crippen LogP contribution in [0.3, 0.4) is 0 Å². The maximum Gasteiger partial charge on any atom is 0.225 e. The Bertz CT molecular complexity index is 1130. The first-order valence-corrected chi connectivity index (χ1v) is 10.8. The highest BCUT2D eigenvalue weighted by atomic mass is 16.1. The number of carbonyl (C=O) groups is 1. The third-order valence-corrected chi connectivity index (χ3v) is 5.41. The van der Waals surface area contributed by atoms with Gasteiger partial charge in [0.05, 0.1) is 11.4 Å². The smallest absolute Gasteiger partial charge is 0.225 e. The monoisotopic (exact) mass is 412 g/mol. The van der Waals surface area contributed by atoms with E-state index in [9.17, 15) is 4.79 Å². The number of rotatable bonds is 6. The van der Waals surface area contributed by atoms with Gasteiger partial charge in [-0.1, -0.05) is 42.0 Å². The van der Waals surface area contributed by atoms with Crippen LogP contribution in [-0.4, -0.2) is 15.9 Å². The Morgan fingerprint density at radius 2 is 1.90 bits per heavy atom. The van der Waals surface area contributed by atoms with E-state index in [1.165, 1.54) is 11.1 Å². The van der Waals surface area contributed by atoms with Crippen LogP contribution in [0.1, 0.15) is 49.2 Å². The standard InChI is InChI=1S/C26H28N4O/c1-17(2)15-23-26(30-24(31)10-6-9-18-7-4-3-5-8-18)29-22-14-11-19-16-20(27)12-13-21(19)25(22)28-23/h3-5,7-8,12-13,15-16H,6,9-11,14,27H2,1-2H3,(H,29,30,31). The number of carbonyl (C=O) groups excluding carboxylic acids is 1. The third kappa shape index (κ3) is 5.00. The molecule has 4 rings (SSSR count). The average molecular weight is 413 g/mol. The number of fused-ring (bicyclic) bond motifs is 3. The van der Waals surface area contributed by atoms with Crippen molar-refractivity contribution in [2.24, 2.45) is 0 Å². The molecule has 1 amide bonds. The second-order valence-corrected chi connectivity index (χ2v) is 8.28. The molecule has 1 aromatic heterocycles. The van der Waals surface area contributed by atoms with Crippen LogP contribution in [0.25, 0.3) is 17.3 Å². The number of nitrogen functional groups attached to an aromatic ring is 1. The number of nitrogens with two attached hydrogens (primary N) is 1.